The molecule has 0 aromatic heterocycles. The highest BCUT2D eigenvalue weighted by molar-refractivity contribution is 4.73. The highest BCUT2D eigenvalue weighted by Crippen LogP contribution is 2.22. The van der Waals surface area contributed by atoms with E-state index in [1.54, 1.807) is 0 Å². The molecule has 1 fully saturated rings. The second kappa shape index (κ2) is 3.35. The van der Waals surface area contributed by atoms with Gasteiger partial charge in [-0.1, -0.05) is 6.92 Å². The summed E-state index contributed by atoms with van der Waals surface area (Å²) in [6, 6.07) is 0. The lowest BCUT2D eigenvalue weighted by atomic mass is 10.0. The van der Waals surface area contributed by atoms with E-state index in [9.17, 15) is 10.2 Å². The summed E-state index contributed by atoms with van der Waals surface area (Å²) in [5.74, 6) is 0.673. The van der Waals surface area contributed by atoms with Crippen molar-refractivity contribution in [3.8, 4) is 0 Å². The molecule has 1 aliphatic carbocycles. The van der Waals surface area contributed by atoms with E-state index in [2.05, 4.69) is 6.92 Å². The Morgan fingerprint density at radius 2 is 1.30 bits per heavy atom. The quantitative estimate of drug-likeness (QED) is 0.496. The highest BCUT2D eigenvalue weighted by Gasteiger charge is 2.21. The van der Waals surface area contributed by atoms with Crippen molar-refractivity contribution < 1.29 is 10.2 Å². The summed E-state index contributed by atoms with van der Waals surface area (Å²) in [5, 5.41) is 18.5. The molecular weight excluding hydrogens is 128 g/mol. The zero-order chi connectivity index (χ0) is 7.56. The first-order valence-electron chi connectivity index (χ1n) is 4.06. The van der Waals surface area contributed by atoms with Crippen LogP contribution in [0.5, 0.6) is 0 Å². The van der Waals surface area contributed by atoms with Gasteiger partial charge >= 0.3 is 0 Å². The second-order valence-electron chi connectivity index (χ2n) is 3.39. The molecule has 0 amide bonds. The first-order valence-corrected chi connectivity index (χ1v) is 4.06. The third-order valence-electron chi connectivity index (χ3n) is 2.35. The van der Waals surface area contributed by atoms with Crippen LogP contribution in [-0.2, 0) is 0 Å². The smallest absolute Gasteiger partial charge is 0.0799 e. The number of rotatable bonds is 0. The molecule has 0 saturated heterocycles. The summed E-state index contributed by atoms with van der Waals surface area (Å²) in [4.78, 5) is 0. The molecule has 0 radical (unpaired) electrons. The van der Waals surface area contributed by atoms with Crippen molar-refractivity contribution in [1.29, 1.82) is 0 Å². The fourth-order valence-electron chi connectivity index (χ4n) is 1.44. The van der Waals surface area contributed by atoms with Gasteiger partial charge in [0.1, 0.15) is 0 Å². The van der Waals surface area contributed by atoms with Gasteiger partial charge in [0.15, 0.2) is 0 Å². The largest absolute Gasteiger partial charge is 0.390 e. The number of aliphatic hydroxyl groups excluding tert-OH is 2. The van der Waals surface area contributed by atoms with Crippen LogP contribution in [0.1, 0.15) is 32.6 Å². The first-order chi connectivity index (χ1) is 4.70. The van der Waals surface area contributed by atoms with Crippen molar-refractivity contribution in [2.45, 2.75) is 44.8 Å². The highest BCUT2D eigenvalue weighted by atomic mass is 16.3. The van der Waals surface area contributed by atoms with Crippen LogP contribution in [-0.4, -0.2) is 22.4 Å². The van der Waals surface area contributed by atoms with Crippen LogP contribution in [0.25, 0.3) is 0 Å². The Morgan fingerprint density at radius 1 is 0.900 bits per heavy atom. The number of hydrogen-bond donors (Lipinski definition) is 2. The van der Waals surface area contributed by atoms with Gasteiger partial charge in [-0.3, -0.25) is 0 Å². The molecular formula is C8H16O2. The molecule has 2 heteroatoms. The Kier molecular flexibility index (Phi) is 2.69. The predicted octanol–water partition coefficient (Wildman–Crippen LogP) is 0.918. The molecule has 0 heterocycles. The molecule has 0 aromatic rings. The average molecular weight is 144 g/mol. The van der Waals surface area contributed by atoms with Crippen LogP contribution in [0, 0.1) is 5.92 Å². The molecule has 60 valence electrons. The molecule has 0 bridgehead atoms. The normalized spacial score (nSPS) is 42.9. The Balaban J connectivity index is 2.38. The summed E-state index contributed by atoms with van der Waals surface area (Å²) in [5.41, 5.74) is 0. The third-order valence-corrected chi connectivity index (χ3v) is 2.35. The van der Waals surface area contributed by atoms with Crippen LogP contribution in [0.15, 0.2) is 0 Å². The van der Waals surface area contributed by atoms with E-state index in [0.717, 1.165) is 25.7 Å². The maximum atomic E-state index is 9.23. The maximum Gasteiger partial charge on any atom is 0.0799 e. The molecule has 10 heavy (non-hydrogen) atoms. The van der Waals surface area contributed by atoms with E-state index in [0.29, 0.717) is 5.92 Å². The standard InChI is InChI=1S/C8H16O2/c1-6-2-4-7(9)8(10)5-3-6/h6-10H,2-5H2,1H3. The first kappa shape index (κ1) is 8.02. The monoisotopic (exact) mass is 144 g/mol. The molecule has 1 saturated carbocycles. The van der Waals surface area contributed by atoms with Crippen molar-refractivity contribution >= 4 is 0 Å². The van der Waals surface area contributed by atoms with E-state index in [1.165, 1.54) is 0 Å². The lowest BCUT2D eigenvalue weighted by Crippen LogP contribution is -2.23. The van der Waals surface area contributed by atoms with Gasteiger partial charge in [0, 0.05) is 0 Å². The molecule has 0 spiro atoms. The molecule has 0 aliphatic heterocycles. The van der Waals surface area contributed by atoms with E-state index in [4.69, 9.17) is 0 Å². The Hall–Kier alpha value is -0.0800. The fourth-order valence-corrected chi connectivity index (χ4v) is 1.44. The Bertz CT molecular complexity index is 91.4. The zero-order valence-corrected chi connectivity index (χ0v) is 6.45. The van der Waals surface area contributed by atoms with Gasteiger partial charge < -0.3 is 10.2 Å². The van der Waals surface area contributed by atoms with E-state index in [1.807, 2.05) is 0 Å². The van der Waals surface area contributed by atoms with Crippen molar-refractivity contribution in [3.05, 3.63) is 0 Å². The number of hydrogen-bond acceptors (Lipinski definition) is 2. The minimum Gasteiger partial charge on any atom is -0.390 e. The van der Waals surface area contributed by atoms with Crippen LogP contribution >= 0.6 is 0 Å². The fraction of sp³-hybridized carbons (Fsp3) is 1.00. The van der Waals surface area contributed by atoms with E-state index in [-0.39, 0.29) is 0 Å². The van der Waals surface area contributed by atoms with Crippen LogP contribution < -0.4 is 0 Å². The second-order valence-corrected chi connectivity index (χ2v) is 3.39. The molecule has 1 aliphatic rings. The van der Waals surface area contributed by atoms with Gasteiger partial charge in [0.25, 0.3) is 0 Å². The minimum absolute atomic E-state index is 0.468. The molecule has 0 aromatic carbocycles. The van der Waals surface area contributed by atoms with Crippen molar-refractivity contribution in [2.75, 3.05) is 0 Å². The Labute approximate surface area is 61.9 Å². The lowest BCUT2D eigenvalue weighted by Gasteiger charge is -2.12. The topological polar surface area (TPSA) is 40.5 Å². The van der Waals surface area contributed by atoms with Gasteiger partial charge in [0.05, 0.1) is 12.2 Å². The molecule has 1 rings (SSSR count). The predicted molar refractivity (Wildman–Crippen MR) is 39.6 cm³/mol. The van der Waals surface area contributed by atoms with Gasteiger partial charge in [-0.05, 0) is 31.6 Å². The SMILES string of the molecule is CC1CCC(O)C(O)CC1. The average Bonchev–Trinajstić information content (AvgIpc) is 2.04. The van der Waals surface area contributed by atoms with Crippen molar-refractivity contribution in [2.24, 2.45) is 5.92 Å². The summed E-state index contributed by atoms with van der Waals surface area (Å²) >= 11 is 0. The third kappa shape index (κ3) is 1.96. The summed E-state index contributed by atoms with van der Waals surface area (Å²) < 4.78 is 0. The lowest BCUT2D eigenvalue weighted by molar-refractivity contribution is 0.0157. The van der Waals surface area contributed by atoms with Crippen molar-refractivity contribution in [1.82, 2.24) is 0 Å². The summed E-state index contributed by atoms with van der Waals surface area (Å²) in [7, 11) is 0. The molecule has 2 nitrogen and oxygen atoms in total. The molecule has 2 N–H and O–H groups in total. The van der Waals surface area contributed by atoms with Gasteiger partial charge in [-0.15, -0.1) is 0 Å². The summed E-state index contributed by atoms with van der Waals surface area (Å²) in [6.45, 7) is 2.17. The zero-order valence-electron chi connectivity index (χ0n) is 6.45. The molecule has 2 unspecified atom stereocenters. The van der Waals surface area contributed by atoms with Crippen LogP contribution in [0.3, 0.4) is 0 Å². The van der Waals surface area contributed by atoms with Crippen LogP contribution in [0.2, 0.25) is 0 Å². The number of aliphatic hydroxyl groups is 2. The minimum atomic E-state index is -0.468. The van der Waals surface area contributed by atoms with E-state index >= 15 is 0 Å². The summed E-state index contributed by atoms with van der Waals surface area (Å²) in [6.07, 6.45) is 2.70. The maximum absolute atomic E-state index is 9.23. The van der Waals surface area contributed by atoms with Gasteiger partial charge in [-0.25, -0.2) is 0 Å². The van der Waals surface area contributed by atoms with Gasteiger partial charge in [0.2, 0.25) is 0 Å². The van der Waals surface area contributed by atoms with E-state index < -0.39 is 12.2 Å². The van der Waals surface area contributed by atoms with Crippen LogP contribution in [0.4, 0.5) is 0 Å². The van der Waals surface area contributed by atoms with Gasteiger partial charge in [-0.2, -0.15) is 0 Å². The Morgan fingerprint density at radius 3 is 1.70 bits per heavy atom. The molecule has 2 atom stereocenters. The van der Waals surface area contributed by atoms with Crippen molar-refractivity contribution in [3.63, 3.8) is 0 Å².